The van der Waals surface area contributed by atoms with Crippen LogP contribution in [0.1, 0.15) is 33.4 Å². The fraction of sp³-hybridized carbons (Fsp3) is 0.600. The quantitative estimate of drug-likeness (QED) is 0.699. The maximum atomic E-state index is 5.20. The zero-order chi connectivity index (χ0) is 9.90. The maximum absolute atomic E-state index is 5.20. The molecule has 3 nitrogen and oxygen atoms in total. The van der Waals surface area contributed by atoms with Crippen LogP contribution in [0.3, 0.4) is 0 Å². The van der Waals surface area contributed by atoms with Gasteiger partial charge in [-0.1, -0.05) is 20.8 Å². The molecular weight excluding hydrogens is 164 g/mol. The molecule has 0 N–H and O–H groups in total. The Labute approximate surface area is 79.1 Å². The molecule has 1 aromatic heterocycles. The first kappa shape index (κ1) is 9.96. The highest BCUT2D eigenvalue weighted by Gasteiger charge is 2.15. The minimum atomic E-state index is 0.0533. The lowest BCUT2D eigenvalue weighted by atomic mass is 9.92. The van der Waals surface area contributed by atoms with Crippen molar-refractivity contribution in [1.29, 1.82) is 0 Å². The van der Waals surface area contributed by atoms with Crippen LogP contribution in [-0.2, 0) is 5.41 Å². The monoisotopic (exact) mass is 180 g/mol. The van der Waals surface area contributed by atoms with Gasteiger partial charge >= 0.3 is 0 Å². The van der Waals surface area contributed by atoms with Gasteiger partial charge in [-0.05, 0) is 13.0 Å². The van der Waals surface area contributed by atoms with Crippen molar-refractivity contribution >= 4 is 0 Å². The van der Waals surface area contributed by atoms with Gasteiger partial charge in [-0.3, -0.25) is 0 Å². The zero-order valence-electron chi connectivity index (χ0n) is 8.66. The van der Waals surface area contributed by atoms with Gasteiger partial charge in [0, 0.05) is 11.5 Å². The van der Waals surface area contributed by atoms with E-state index >= 15 is 0 Å². The SMILES string of the molecule is CCOc1ccc(C(C)(C)C)nn1. The van der Waals surface area contributed by atoms with Crippen LogP contribution in [0.4, 0.5) is 0 Å². The van der Waals surface area contributed by atoms with Crippen LogP contribution in [0.15, 0.2) is 12.1 Å². The topological polar surface area (TPSA) is 35.0 Å². The smallest absolute Gasteiger partial charge is 0.233 e. The summed E-state index contributed by atoms with van der Waals surface area (Å²) in [5.41, 5.74) is 1.04. The van der Waals surface area contributed by atoms with Crippen LogP contribution in [0.25, 0.3) is 0 Å². The van der Waals surface area contributed by atoms with Gasteiger partial charge in [-0.15, -0.1) is 5.10 Å². The molecule has 0 atom stereocenters. The van der Waals surface area contributed by atoms with Gasteiger partial charge in [0.1, 0.15) is 0 Å². The van der Waals surface area contributed by atoms with E-state index in [0.717, 1.165) is 5.69 Å². The normalized spacial score (nSPS) is 11.4. The third kappa shape index (κ3) is 2.68. The Hall–Kier alpha value is -1.12. The predicted octanol–water partition coefficient (Wildman–Crippen LogP) is 2.17. The molecule has 0 saturated heterocycles. The van der Waals surface area contributed by atoms with E-state index in [-0.39, 0.29) is 5.41 Å². The van der Waals surface area contributed by atoms with Crippen LogP contribution in [0, 0.1) is 0 Å². The van der Waals surface area contributed by atoms with Crippen molar-refractivity contribution in [2.45, 2.75) is 33.1 Å². The average Bonchev–Trinajstić information content (AvgIpc) is 2.04. The van der Waals surface area contributed by atoms with Gasteiger partial charge in [-0.2, -0.15) is 5.10 Å². The highest BCUT2D eigenvalue weighted by atomic mass is 16.5. The highest BCUT2D eigenvalue weighted by molar-refractivity contribution is 5.16. The van der Waals surface area contributed by atoms with Crippen LogP contribution in [0.2, 0.25) is 0 Å². The summed E-state index contributed by atoms with van der Waals surface area (Å²) in [5.74, 6) is 0.593. The average molecular weight is 180 g/mol. The van der Waals surface area contributed by atoms with Gasteiger partial charge in [0.05, 0.1) is 12.3 Å². The number of ether oxygens (including phenoxy) is 1. The molecule has 0 radical (unpaired) electrons. The van der Waals surface area contributed by atoms with E-state index in [1.807, 2.05) is 19.1 Å². The summed E-state index contributed by atoms with van der Waals surface area (Å²) in [4.78, 5) is 0. The number of aromatic nitrogens is 2. The van der Waals surface area contributed by atoms with Gasteiger partial charge in [-0.25, -0.2) is 0 Å². The van der Waals surface area contributed by atoms with Gasteiger partial charge < -0.3 is 4.74 Å². The van der Waals surface area contributed by atoms with E-state index in [0.29, 0.717) is 12.5 Å². The van der Waals surface area contributed by atoms with E-state index in [1.54, 1.807) is 0 Å². The zero-order valence-corrected chi connectivity index (χ0v) is 8.66. The first-order chi connectivity index (χ1) is 6.04. The van der Waals surface area contributed by atoms with Crippen molar-refractivity contribution in [2.24, 2.45) is 0 Å². The summed E-state index contributed by atoms with van der Waals surface area (Å²) in [6, 6.07) is 3.81. The van der Waals surface area contributed by atoms with Gasteiger partial charge in [0.25, 0.3) is 0 Å². The fourth-order valence-corrected chi connectivity index (χ4v) is 0.945. The minimum Gasteiger partial charge on any atom is -0.477 e. The predicted molar refractivity (Wildman–Crippen MR) is 51.9 cm³/mol. The van der Waals surface area contributed by atoms with Crippen molar-refractivity contribution in [3.8, 4) is 5.88 Å². The van der Waals surface area contributed by atoms with Crippen molar-refractivity contribution in [3.63, 3.8) is 0 Å². The molecule has 0 aliphatic carbocycles. The molecule has 0 amide bonds. The molecule has 0 aliphatic heterocycles. The molecule has 1 aromatic rings. The standard InChI is InChI=1S/C10H16N2O/c1-5-13-9-7-6-8(11-12-9)10(2,3)4/h6-7H,5H2,1-4H3. The summed E-state index contributed by atoms with van der Waals surface area (Å²) < 4.78 is 5.20. The second-order valence-corrected chi connectivity index (χ2v) is 3.94. The molecule has 0 bridgehead atoms. The summed E-state index contributed by atoms with van der Waals surface area (Å²) in [6.45, 7) is 8.88. The van der Waals surface area contributed by atoms with E-state index < -0.39 is 0 Å². The first-order valence-corrected chi connectivity index (χ1v) is 4.51. The molecule has 3 heteroatoms. The number of hydrogen-bond acceptors (Lipinski definition) is 3. The molecule has 0 fully saturated rings. The number of nitrogens with zero attached hydrogens (tertiary/aromatic N) is 2. The van der Waals surface area contributed by atoms with Crippen LogP contribution >= 0.6 is 0 Å². The van der Waals surface area contributed by atoms with Crippen molar-refractivity contribution in [2.75, 3.05) is 6.61 Å². The van der Waals surface area contributed by atoms with Crippen molar-refractivity contribution in [1.82, 2.24) is 10.2 Å². The molecule has 0 aliphatic rings. The first-order valence-electron chi connectivity index (χ1n) is 4.51. The number of hydrogen-bond donors (Lipinski definition) is 0. The van der Waals surface area contributed by atoms with Crippen LogP contribution in [0.5, 0.6) is 5.88 Å². The molecular formula is C10H16N2O. The third-order valence-electron chi connectivity index (χ3n) is 1.70. The molecule has 13 heavy (non-hydrogen) atoms. The summed E-state index contributed by atoms with van der Waals surface area (Å²) in [6.07, 6.45) is 0. The third-order valence-corrected chi connectivity index (χ3v) is 1.70. The van der Waals surface area contributed by atoms with Crippen molar-refractivity contribution in [3.05, 3.63) is 17.8 Å². The van der Waals surface area contributed by atoms with Crippen molar-refractivity contribution < 1.29 is 4.74 Å². The maximum Gasteiger partial charge on any atom is 0.233 e. The van der Waals surface area contributed by atoms with E-state index in [9.17, 15) is 0 Å². The largest absolute Gasteiger partial charge is 0.477 e. The molecule has 0 saturated carbocycles. The summed E-state index contributed by atoms with van der Waals surface area (Å²) >= 11 is 0. The van der Waals surface area contributed by atoms with Gasteiger partial charge in [0.2, 0.25) is 5.88 Å². The number of rotatable bonds is 2. The highest BCUT2D eigenvalue weighted by Crippen LogP contribution is 2.19. The lowest BCUT2D eigenvalue weighted by molar-refractivity contribution is 0.321. The molecule has 1 rings (SSSR count). The molecule has 0 aromatic carbocycles. The second-order valence-electron chi connectivity index (χ2n) is 3.94. The Morgan fingerprint density at radius 3 is 2.31 bits per heavy atom. The lowest BCUT2D eigenvalue weighted by Crippen LogP contribution is -2.14. The van der Waals surface area contributed by atoms with Crippen LogP contribution < -0.4 is 4.74 Å². The summed E-state index contributed by atoms with van der Waals surface area (Å²) in [7, 11) is 0. The van der Waals surface area contributed by atoms with Crippen LogP contribution in [-0.4, -0.2) is 16.8 Å². The molecule has 0 spiro atoms. The Balaban J connectivity index is 2.81. The molecule has 0 unspecified atom stereocenters. The van der Waals surface area contributed by atoms with E-state index in [4.69, 9.17) is 4.74 Å². The molecule has 72 valence electrons. The molecule has 1 heterocycles. The summed E-state index contributed by atoms with van der Waals surface area (Å²) in [5, 5.41) is 8.06. The van der Waals surface area contributed by atoms with E-state index in [1.165, 1.54) is 0 Å². The fourth-order valence-electron chi connectivity index (χ4n) is 0.945. The van der Waals surface area contributed by atoms with E-state index in [2.05, 4.69) is 31.0 Å². The Morgan fingerprint density at radius 2 is 1.92 bits per heavy atom. The minimum absolute atomic E-state index is 0.0533. The second kappa shape index (κ2) is 3.73. The lowest BCUT2D eigenvalue weighted by Gasteiger charge is -2.16. The van der Waals surface area contributed by atoms with Gasteiger partial charge in [0.15, 0.2) is 0 Å². The Bertz CT molecular complexity index is 261. The Morgan fingerprint density at radius 1 is 1.23 bits per heavy atom. The Kier molecular flexibility index (Phi) is 2.86.